The third kappa shape index (κ3) is 8.34. The van der Waals surface area contributed by atoms with E-state index in [1.54, 1.807) is 13.0 Å². The number of piperidine rings is 1. The topological polar surface area (TPSA) is 95.9 Å². The maximum Gasteiger partial charge on any atom is 0.434 e. The number of nitrogens with one attached hydrogen (secondary N) is 2. The Morgan fingerprint density at radius 2 is 1.80 bits per heavy atom. The van der Waals surface area contributed by atoms with E-state index in [4.69, 9.17) is 0 Å². The number of hydrogen-bond acceptors (Lipinski definition) is 8. The molecule has 1 aliphatic rings. The number of alkyl halides is 6. The van der Waals surface area contributed by atoms with Crippen molar-refractivity contribution in [3.8, 4) is 0 Å². The number of halogens is 6. The first-order valence-electron chi connectivity index (χ1n) is 12.6. The number of aromatic nitrogens is 4. The third-order valence-corrected chi connectivity index (χ3v) is 7.44. The number of amides is 1. The first-order chi connectivity index (χ1) is 18.9. The SMILES string of the molecule is Cc1nsc(Nc2cnc(C(F)(F)F)cn2)c1C(=O)Nc1ccc(CCC2CCN(CCC(F)(F)F)CC2)nc1. The predicted molar refractivity (Wildman–Crippen MR) is 138 cm³/mol. The van der Waals surface area contributed by atoms with E-state index in [9.17, 15) is 31.1 Å². The summed E-state index contributed by atoms with van der Waals surface area (Å²) < 4.78 is 79.6. The average molecular weight is 588 g/mol. The molecule has 0 aromatic carbocycles. The van der Waals surface area contributed by atoms with E-state index in [-0.39, 0.29) is 17.9 Å². The van der Waals surface area contributed by atoms with Crippen LogP contribution in [0.5, 0.6) is 0 Å². The number of aryl methyl sites for hydroxylation is 2. The van der Waals surface area contributed by atoms with Crippen molar-refractivity contribution >= 4 is 33.9 Å². The number of carbonyl (C=O) groups is 1. The minimum atomic E-state index is -4.61. The molecule has 1 amide bonds. The molecule has 1 aliphatic heterocycles. The molecule has 4 rings (SSSR count). The van der Waals surface area contributed by atoms with Crippen molar-refractivity contribution in [1.82, 2.24) is 24.2 Å². The first kappa shape index (κ1) is 29.6. The van der Waals surface area contributed by atoms with Crippen molar-refractivity contribution in [2.75, 3.05) is 30.3 Å². The molecule has 40 heavy (non-hydrogen) atoms. The maximum atomic E-state index is 13.0. The minimum absolute atomic E-state index is 0.0312. The lowest BCUT2D eigenvalue weighted by Gasteiger charge is -2.32. The third-order valence-electron chi connectivity index (χ3n) is 6.58. The summed E-state index contributed by atoms with van der Waals surface area (Å²) in [5.41, 5.74) is 0.820. The average Bonchev–Trinajstić information content (AvgIpc) is 3.26. The number of anilines is 3. The molecule has 4 heterocycles. The van der Waals surface area contributed by atoms with E-state index < -0.39 is 30.4 Å². The number of nitrogens with zero attached hydrogens (tertiary/aromatic N) is 5. The van der Waals surface area contributed by atoms with Gasteiger partial charge in [0.05, 0.1) is 42.0 Å². The molecule has 0 spiro atoms. The second-order valence-corrected chi connectivity index (χ2v) is 10.3. The summed E-state index contributed by atoms with van der Waals surface area (Å²) in [6.45, 7) is 3.01. The van der Waals surface area contributed by atoms with Crippen LogP contribution in [0.1, 0.15) is 53.1 Å². The Morgan fingerprint density at radius 1 is 1.05 bits per heavy atom. The number of hydrogen-bond donors (Lipinski definition) is 2. The van der Waals surface area contributed by atoms with Gasteiger partial charge in [0.2, 0.25) is 0 Å². The Bertz CT molecular complexity index is 1270. The van der Waals surface area contributed by atoms with Crippen molar-refractivity contribution in [2.45, 2.75) is 51.4 Å². The van der Waals surface area contributed by atoms with Crippen molar-refractivity contribution in [2.24, 2.45) is 5.92 Å². The molecule has 8 nitrogen and oxygen atoms in total. The monoisotopic (exact) mass is 587 g/mol. The van der Waals surface area contributed by atoms with Crippen LogP contribution in [0.2, 0.25) is 0 Å². The highest BCUT2D eigenvalue weighted by Gasteiger charge is 2.33. The summed E-state index contributed by atoms with van der Waals surface area (Å²) in [7, 11) is 0. The Hall–Kier alpha value is -3.33. The smallest absolute Gasteiger partial charge is 0.329 e. The van der Waals surface area contributed by atoms with Gasteiger partial charge in [0.1, 0.15) is 10.8 Å². The number of carbonyl (C=O) groups excluding carboxylic acids is 1. The molecule has 2 N–H and O–H groups in total. The zero-order chi connectivity index (χ0) is 28.9. The van der Waals surface area contributed by atoms with Crippen molar-refractivity contribution < 1.29 is 31.1 Å². The normalized spacial score (nSPS) is 15.3. The van der Waals surface area contributed by atoms with Gasteiger partial charge in [0, 0.05) is 12.2 Å². The molecule has 1 saturated heterocycles. The molecule has 216 valence electrons. The Morgan fingerprint density at radius 3 is 2.40 bits per heavy atom. The van der Waals surface area contributed by atoms with Crippen LogP contribution in [-0.2, 0) is 12.6 Å². The summed E-state index contributed by atoms with van der Waals surface area (Å²) in [6.07, 6.45) is -3.13. The predicted octanol–water partition coefficient (Wildman–Crippen LogP) is 6.25. The lowest BCUT2D eigenvalue weighted by atomic mass is 9.91. The van der Waals surface area contributed by atoms with Crippen LogP contribution in [0, 0.1) is 12.8 Å². The highest BCUT2D eigenvalue weighted by Crippen LogP contribution is 2.30. The van der Waals surface area contributed by atoms with Crippen molar-refractivity contribution in [3.63, 3.8) is 0 Å². The van der Waals surface area contributed by atoms with Crippen LogP contribution in [0.3, 0.4) is 0 Å². The zero-order valence-corrected chi connectivity index (χ0v) is 22.3. The maximum absolute atomic E-state index is 13.0. The number of likely N-dealkylation sites (tertiary alicyclic amines) is 1. The van der Waals surface area contributed by atoms with Gasteiger partial charge in [-0.1, -0.05) is 0 Å². The van der Waals surface area contributed by atoms with Crippen LogP contribution in [0.15, 0.2) is 30.7 Å². The molecule has 3 aromatic rings. The summed E-state index contributed by atoms with van der Waals surface area (Å²) >= 11 is 0.965. The molecule has 0 saturated carbocycles. The second-order valence-electron chi connectivity index (χ2n) is 9.56. The Labute approximate surface area is 230 Å². The van der Waals surface area contributed by atoms with E-state index >= 15 is 0 Å². The highest BCUT2D eigenvalue weighted by atomic mass is 32.1. The first-order valence-corrected chi connectivity index (χ1v) is 13.3. The molecular weight excluding hydrogens is 560 g/mol. The van der Waals surface area contributed by atoms with Gasteiger partial charge in [-0.15, -0.1) is 0 Å². The van der Waals surface area contributed by atoms with Gasteiger partial charge in [0.15, 0.2) is 5.69 Å². The molecule has 0 atom stereocenters. The van der Waals surface area contributed by atoms with Gasteiger partial charge in [-0.05, 0) is 75.3 Å². The van der Waals surface area contributed by atoms with E-state index in [2.05, 4.69) is 30.0 Å². The van der Waals surface area contributed by atoms with Crippen LogP contribution < -0.4 is 10.6 Å². The second kappa shape index (κ2) is 12.5. The lowest BCUT2D eigenvalue weighted by molar-refractivity contribution is -0.141. The molecule has 3 aromatic heterocycles. The summed E-state index contributed by atoms with van der Waals surface area (Å²) in [4.78, 5) is 26.3. The van der Waals surface area contributed by atoms with E-state index in [0.29, 0.717) is 41.6 Å². The van der Waals surface area contributed by atoms with E-state index in [1.807, 2.05) is 11.0 Å². The van der Waals surface area contributed by atoms with Gasteiger partial charge >= 0.3 is 12.4 Å². The largest absolute Gasteiger partial charge is 0.434 e. The fourth-order valence-corrected chi connectivity index (χ4v) is 5.15. The Kier molecular flexibility index (Phi) is 9.23. The Balaban J connectivity index is 1.27. The van der Waals surface area contributed by atoms with Gasteiger partial charge in [-0.2, -0.15) is 30.7 Å². The van der Waals surface area contributed by atoms with Gasteiger partial charge in [-0.3, -0.25) is 9.78 Å². The van der Waals surface area contributed by atoms with Gasteiger partial charge < -0.3 is 15.5 Å². The van der Waals surface area contributed by atoms with Crippen molar-refractivity contribution in [3.05, 3.63) is 53.4 Å². The quantitative estimate of drug-likeness (QED) is 0.286. The fraction of sp³-hybridized carbons (Fsp3) is 0.480. The summed E-state index contributed by atoms with van der Waals surface area (Å²) in [6, 6.07) is 3.54. The molecule has 0 unspecified atom stereocenters. The molecule has 15 heteroatoms. The summed E-state index contributed by atoms with van der Waals surface area (Å²) in [5, 5.41) is 5.86. The molecule has 0 bridgehead atoms. The lowest BCUT2D eigenvalue weighted by Crippen LogP contribution is -2.36. The van der Waals surface area contributed by atoms with Gasteiger partial charge in [-0.25, -0.2) is 9.97 Å². The van der Waals surface area contributed by atoms with Crippen LogP contribution in [0.25, 0.3) is 0 Å². The highest BCUT2D eigenvalue weighted by molar-refractivity contribution is 7.10. The van der Waals surface area contributed by atoms with Crippen LogP contribution in [0.4, 0.5) is 42.8 Å². The molecular formula is C25H27F6N7OS. The van der Waals surface area contributed by atoms with E-state index in [1.165, 1.54) is 6.20 Å². The van der Waals surface area contributed by atoms with E-state index in [0.717, 1.165) is 49.1 Å². The van der Waals surface area contributed by atoms with Crippen LogP contribution in [-0.4, -0.2) is 55.9 Å². The van der Waals surface area contributed by atoms with Crippen LogP contribution >= 0.6 is 11.5 Å². The van der Waals surface area contributed by atoms with Gasteiger partial charge in [0.25, 0.3) is 5.91 Å². The minimum Gasteiger partial charge on any atom is -0.329 e. The molecule has 0 radical (unpaired) electrons. The number of pyridine rings is 1. The fourth-order valence-electron chi connectivity index (χ4n) is 4.35. The summed E-state index contributed by atoms with van der Waals surface area (Å²) in [5.74, 6) is -0.0122. The van der Waals surface area contributed by atoms with Crippen molar-refractivity contribution in [1.29, 1.82) is 0 Å². The molecule has 0 aliphatic carbocycles. The molecule has 1 fully saturated rings. The standard InChI is InChI=1S/C25H27F6N7OS/c1-15-21(23(40-37-15)36-20-14-33-19(13-34-20)25(29,30)31)22(39)35-18-5-4-17(32-12-18)3-2-16-6-9-38(10-7-16)11-8-24(26,27)28/h4-5,12-14,16H,2-3,6-11H2,1H3,(H,34,36)(H,35,39). The zero-order valence-electron chi connectivity index (χ0n) is 21.4. The number of rotatable bonds is 9.